The first kappa shape index (κ1) is 23.2. The number of carbonyl (C=O) groups excluding carboxylic acids is 2. The van der Waals surface area contributed by atoms with Gasteiger partial charge in [-0.25, -0.2) is 5.43 Å². The van der Waals surface area contributed by atoms with E-state index in [0.717, 1.165) is 0 Å². The molecule has 3 aromatic rings. The maximum Gasteiger partial charge on any atom is 0.271 e. The molecule has 10 nitrogen and oxygen atoms in total. The number of anilines is 1. The summed E-state index contributed by atoms with van der Waals surface area (Å²) in [5.41, 5.74) is 3.47. The molecule has 0 bridgehead atoms. The summed E-state index contributed by atoms with van der Waals surface area (Å²) < 4.78 is 5.00. The summed E-state index contributed by atoms with van der Waals surface area (Å²) in [6.07, 6.45) is 1.33. The van der Waals surface area contributed by atoms with Gasteiger partial charge in [-0.2, -0.15) is 5.10 Å². The fourth-order valence-electron chi connectivity index (χ4n) is 2.72. The Hall–Kier alpha value is -4.44. The van der Waals surface area contributed by atoms with E-state index in [2.05, 4.69) is 15.8 Å². The number of phenolic OH excluding ortho intramolecular Hbond substituents is 1. The number of ether oxygens (including phenoxy) is 1. The highest BCUT2D eigenvalue weighted by molar-refractivity contribution is 6.32. The highest BCUT2D eigenvalue weighted by atomic mass is 35.5. The average molecular weight is 469 g/mol. The largest absolute Gasteiger partial charge is 0.503 e. The van der Waals surface area contributed by atoms with Crippen LogP contribution < -0.4 is 15.5 Å². The predicted octanol–water partition coefficient (Wildman–Crippen LogP) is 3.98. The van der Waals surface area contributed by atoms with Crippen molar-refractivity contribution < 1.29 is 24.4 Å². The van der Waals surface area contributed by atoms with Gasteiger partial charge in [0.25, 0.3) is 17.5 Å². The third kappa shape index (κ3) is 5.83. The number of nitro groups is 1. The molecule has 3 N–H and O–H groups in total. The number of carbonyl (C=O) groups is 2. The van der Waals surface area contributed by atoms with Crippen molar-refractivity contribution in [1.82, 2.24) is 5.43 Å². The van der Waals surface area contributed by atoms with Crippen LogP contribution in [0.5, 0.6) is 11.5 Å². The first-order valence-corrected chi connectivity index (χ1v) is 9.72. The molecule has 0 heterocycles. The first-order chi connectivity index (χ1) is 15.8. The second-order valence-electron chi connectivity index (χ2n) is 6.59. The number of amides is 2. The van der Waals surface area contributed by atoms with Gasteiger partial charge in [0.15, 0.2) is 11.5 Å². The lowest BCUT2D eigenvalue weighted by Gasteiger charge is -2.07. The maximum absolute atomic E-state index is 12.3. The number of hydrogen-bond acceptors (Lipinski definition) is 7. The number of benzene rings is 3. The quantitative estimate of drug-likeness (QED) is 0.272. The van der Waals surface area contributed by atoms with Gasteiger partial charge in [-0.1, -0.05) is 17.7 Å². The molecule has 11 heteroatoms. The second kappa shape index (κ2) is 10.2. The zero-order valence-electron chi connectivity index (χ0n) is 17.1. The van der Waals surface area contributed by atoms with E-state index in [-0.39, 0.29) is 33.3 Å². The van der Waals surface area contributed by atoms with Crippen molar-refractivity contribution in [3.8, 4) is 11.5 Å². The van der Waals surface area contributed by atoms with Gasteiger partial charge in [-0.3, -0.25) is 19.7 Å². The molecule has 0 unspecified atom stereocenters. The number of hydrazone groups is 1. The number of nitrogens with zero attached hydrogens (tertiary/aromatic N) is 2. The second-order valence-corrected chi connectivity index (χ2v) is 7.00. The van der Waals surface area contributed by atoms with Crippen molar-refractivity contribution in [3.63, 3.8) is 0 Å². The molecule has 3 aromatic carbocycles. The van der Waals surface area contributed by atoms with E-state index in [1.54, 1.807) is 0 Å². The summed E-state index contributed by atoms with van der Waals surface area (Å²) in [4.78, 5) is 34.8. The number of methoxy groups -OCH3 is 1. The van der Waals surface area contributed by atoms with Crippen molar-refractivity contribution in [3.05, 3.63) is 92.5 Å². The fourth-order valence-corrected chi connectivity index (χ4v) is 2.94. The summed E-state index contributed by atoms with van der Waals surface area (Å²) >= 11 is 5.91. The van der Waals surface area contributed by atoms with E-state index in [4.69, 9.17) is 16.3 Å². The third-order valence-corrected chi connectivity index (χ3v) is 4.66. The van der Waals surface area contributed by atoms with Gasteiger partial charge in [0, 0.05) is 28.9 Å². The molecule has 0 saturated heterocycles. The number of halogens is 1. The molecule has 0 atom stereocenters. The highest BCUT2D eigenvalue weighted by Gasteiger charge is 2.12. The Balaban J connectivity index is 1.62. The summed E-state index contributed by atoms with van der Waals surface area (Å²) in [5.74, 6) is -1.06. The van der Waals surface area contributed by atoms with Gasteiger partial charge in [0.1, 0.15) is 0 Å². The molecule has 33 heavy (non-hydrogen) atoms. The first-order valence-electron chi connectivity index (χ1n) is 9.34. The van der Waals surface area contributed by atoms with Crippen LogP contribution in [0.2, 0.25) is 5.02 Å². The normalized spacial score (nSPS) is 10.6. The Morgan fingerprint density at radius 3 is 2.48 bits per heavy atom. The van der Waals surface area contributed by atoms with E-state index >= 15 is 0 Å². The molecular weight excluding hydrogens is 452 g/mol. The van der Waals surface area contributed by atoms with Crippen molar-refractivity contribution >= 4 is 41.0 Å². The topological polar surface area (TPSA) is 143 Å². The SMILES string of the molecule is COc1cc(/C=N\NC(=O)c2ccc(NC(=O)c3cccc([N+](=O)[O-])c3)cc2)cc(Cl)c1O. The summed E-state index contributed by atoms with van der Waals surface area (Å²) in [5, 5.41) is 27.1. The van der Waals surface area contributed by atoms with Gasteiger partial charge in [0.2, 0.25) is 0 Å². The van der Waals surface area contributed by atoms with E-state index in [1.807, 2.05) is 0 Å². The summed E-state index contributed by atoms with van der Waals surface area (Å²) in [7, 11) is 1.38. The number of aromatic hydroxyl groups is 1. The number of non-ortho nitro benzene ring substituents is 1. The van der Waals surface area contributed by atoms with E-state index in [1.165, 1.54) is 74.0 Å². The Morgan fingerprint density at radius 1 is 1.09 bits per heavy atom. The molecule has 0 saturated carbocycles. The van der Waals surface area contributed by atoms with Crippen LogP contribution in [-0.2, 0) is 0 Å². The zero-order chi connectivity index (χ0) is 24.0. The van der Waals surface area contributed by atoms with Crippen LogP contribution in [0.4, 0.5) is 11.4 Å². The average Bonchev–Trinajstić information content (AvgIpc) is 2.81. The van der Waals surface area contributed by atoms with Gasteiger partial charge in [-0.15, -0.1) is 0 Å². The Bertz CT molecular complexity index is 1240. The van der Waals surface area contributed by atoms with Crippen molar-refractivity contribution in [2.45, 2.75) is 0 Å². The van der Waals surface area contributed by atoms with E-state index in [0.29, 0.717) is 11.3 Å². The minimum Gasteiger partial charge on any atom is -0.503 e. The van der Waals surface area contributed by atoms with Crippen molar-refractivity contribution in [2.24, 2.45) is 5.10 Å². The third-order valence-electron chi connectivity index (χ3n) is 4.37. The molecule has 0 fully saturated rings. The minimum atomic E-state index is -0.584. The number of nitro benzene ring substituents is 1. The Labute approximate surface area is 192 Å². The molecule has 0 aliphatic carbocycles. The van der Waals surface area contributed by atoms with Crippen LogP contribution in [0.1, 0.15) is 26.3 Å². The van der Waals surface area contributed by atoms with Crippen LogP contribution in [-0.4, -0.2) is 35.2 Å². The van der Waals surface area contributed by atoms with E-state index < -0.39 is 16.7 Å². The lowest BCUT2D eigenvalue weighted by Crippen LogP contribution is -2.18. The van der Waals surface area contributed by atoms with E-state index in [9.17, 15) is 24.8 Å². The van der Waals surface area contributed by atoms with Crippen LogP contribution in [0.25, 0.3) is 0 Å². The number of phenols is 1. The fraction of sp³-hybridized carbons (Fsp3) is 0.0455. The molecule has 0 radical (unpaired) electrons. The van der Waals surface area contributed by atoms with Gasteiger partial charge < -0.3 is 15.2 Å². The van der Waals surface area contributed by atoms with Gasteiger partial charge >= 0.3 is 0 Å². The smallest absolute Gasteiger partial charge is 0.271 e. The van der Waals surface area contributed by atoms with Gasteiger partial charge in [0.05, 0.1) is 23.3 Å². The number of hydrogen-bond donors (Lipinski definition) is 3. The van der Waals surface area contributed by atoms with Crippen LogP contribution in [0.15, 0.2) is 65.8 Å². The van der Waals surface area contributed by atoms with Crippen LogP contribution >= 0.6 is 11.6 Å². The Morgan fingerprint density at radius 2 is 1.82 bits per heavy atom. The maximum atomic E-state index is 12.3. The summed E-state index contributed by atoms with van der Waals surface area (Å²) in [6.45, 7) is 0. The standard InChI is InChI=1S/C22H17ClN4O6/c1-33-19-10-13(9-18(23)20(19)28)12-24-26-22(30)14-5-7-16(8-6-14)25-21(29)15-3-2-4-17(11-15)27(31)32/h2-12,28H,1H3,(H,25,29)(H,26,30)/b24-12-. The van der Waals surface area contributed by atoms with Crippen LogP contribution in [0, 0.1) is 10.1 Å². The predicted molar refractivity (Wildman–Crippen MR) is 122 cm³/mol. The monoisotopic (exact) mass is 468 g/mol. The number of rotatable bonds is 7. The zero-order valence-corrected chi connectivity index (χ0v) is 17.9. The molecule has 0 aliphatic heterocycles. The lowest BCUT2D eigenvalue weighted by molar-refractivity contribution is -0.384. The Kier molecular flexibility index (Phi) is 7.21. The van der Waals surface area contributed by atoms with Crippen molar-refractivity contribution in [2.75, 3.05) is 12.4 Å². The molecule has 0 spiro atoms. The van der Waals surface area contributed by atoms with Crippen molar-refractivity contribution in [1.29, 1.82) is 0 Å². The summed E-state index contributed by atoms with van der Waals surface area (Å²) in [6, 6.07) is 14.3. The lowest BCUT2D eigenvalue weighted by atomic mass is 10.1. The van der Waals surface area contributed by atoms with Crippen LogP contribution in [0.3, 0.4) is 0 Å². The molecule has 0 aromatic heterocycles. The highest BCUT2D eigenvalue weighted by Crippen LogP contribution is 2.34. The molecule has 3 rings (SSSR count). The minimum absolute atomic E-state index is 0.0740. The molecule has 0 aliphatic rings. The number of nitrogens with one attached hydrogen (secondary N) is 2. The molecule has 2 amide bonds. The van der Waals surface area contributed by atoms with Gasteiger partial charge in [-0.05, 0) is 48.0 Å². The molecule has 168 valence electrons. The molecular formula is C22H17ClN4O6.